The summed E-state index contributed by atoms with van der Waals surface area (Å²) in [6, 6.07) is 5.26. The van der Waals surface area contributed by atoms with Gasteiger partial charge in [-0.3, -0.25) is 0 Å². The Morgan fingerprint density at radius 2 is 1.74 bits per heavy atom. The second-order valence-electron chi connectivity index (χ2n) is 4.08. The second kappa shape index (κ2) is 6.86. The quantitative estimate of drug-likeness (QED) is 0.655. The van der Waals surface area contributed by atoms with Crippen LogP contribution < -0.4 is 0 Å². The van der Waals surface area contributed by atoms with E-state index in [0.717, 1.165) is 0 Å². The van der Waals surface area contributed by atoms with E-state index in [-0.39, 0.29) is 24.2 Å². The summed E-state index contributed by atoms with van der Waals surface area (Å²) in [6.07, 6.45) is -1.55. The van der Waals surface area contributed by atoms with Gasteiger partial charge in [-0.25, -0.2) is 9.59 Å². The minimum atomic E-state index is -1.08. The molecule has 0 heterocycles. The molecule has 0 radical (unpaired) electrons. The van der Waals surface area contributed by atoms with Gasteiger partial charge in [-0.1, -0.05) is 0 Å². The van der Waals surface area contributed by atoms with Gasteiger partial charge in [0.05, 0.1) is 17.2 Å². The molecule has 6 nitrogen and oxygen atoms in total. The van der Waals surface area contributed by atoms with Crippen molar-refractivity contribution < 1.29 is 29.6 Å². The lowest BCUT2D eigenvalue weighted by Gasteiger charge is -2.19. The van der Waals surface area contributed by atoms with Gasteiger partial charge >= 0.3 is 11.9 Å². The minimum absolute atomic E-state index is 0.0685. The fourth-order valence-corrected chi connectivity index (χ4v) is 1.48. The molecule has 0 spiro atoms. The zero-order valence-corrected chi connectivity index (χ0v) is 10.4. The van der Waals surface area contributed by atoms with Gasteiger partial charge in [0.2, 0.25) is 0 Å². The maximum Gasteiger partial charge on any atom is 0.338 e. The lowest BCUT2D eigenvalue weighted by atomic mass is 10.1. The third-order valence-corrected chi connectivity index (χ3v) is 2.58. The van der Waals surface area contributed by atoms with Gasteiger partial charge in [-0.15, -0.1) is 0 Å². The standard InChI is InChI=1S/C13H16O6/c1-8(15)11(6-7-14)19-13(18)10-4-2-9(3-5-10)12(16)17/h2-5,8,11,14-15H,6-7H2,1H3,(H,16,17). The predicted molar refractivity (Wildman–Crippen MR) is 66.0 cm³/mol. The van der Waals surface area contributed by atoms with Crippen LogP contribution in [0.4, 0.5) is 0 Å². The topological polar surface area (TPSA) is 104 Å². The first kappa shape index (κ1) is 15.1. The SMILES string of the molecule is CC(O)C(CCO)OC(=O)c1ccc(C(=O)O)cc1. The van der Waals surface area contributed by atoms with Crippen LogP contribution in [-0.2, 0) is 4.74 Å². The van der Waals surface area contributed by atoms with Crippen LogP contribution in [0.1, 0.15) is 34.1 Å². The highest BCUT2D eigenvalue weighted by Crippen LogP contribution is 2.11. The van der Waals surface area contributed by atoms with Crippen LogP contribution in [0.2, 0.25) is 0 Å². The fraction of sp³-hybridized carbons (Fsp3) is 0.385. The summed E-state index contributed by atoms with van der Waals surface area (Å²) in [6.45, 7) is 1.25. The van der Waals surface area contributed by atoms with E-state index in [2.05, 4.69) is 0 Å². The number of aliphatic hydroxyl groups excluding tert-OH is 2. The molecule has 0 bridgehead atoms. The average Bonchev–Trinajstić information content (AvgIpc) is 2.38. The summed E-state index contributed by atoms with van der Waals surface area (Å²) in [7, 11) is 0. The third kappa shape index (κ3) is 4.35. The van der Waals surface area contributed by atoms with Gasteiger partial charge in [0.15, 0.2) is 0 Å². The average molecular weight is 268 g/mol. The Morgan fingerprint density at radius 1 is 1.21 bits per heavy atom. The summed E-state index contributed by atoms with van der Waals surface area (Å²) >= 11 is 0. The van der Waals surface area contributed by atoms with Crippen molar-refractivity contribution in [2.45, 2.75) is 25.6 Å². The van der Waals surface area contributed by atoms with Crippen LogP contribution in [0.3, 0.4) is 0 Å². The number of carbonyl (C=O) groups is 2. The van der Waals surface area contributed by atoms with Crippen molar-refractivity contribution in [3.8, 4) is 0 Å². The Kier molecular flexibility index (Phi) is 5.47. The zero-order chi connectivity index (χ0) is 14.4. The van der Waals surface area contributed by atoms with Crippen molar-refractivity contribution >= 4 is 11.9 Å². The molecule has 0 saturated carbocycles. The Balaban J connectivity index is 2.74. The molecule has 0 saturated heterocycles. The molecule has 0 amide bonds. The van der Waals surface area contributed by atoms with E-state index in [1.807, 2.05) is 0 Å². The Labute approximate surface area is 110 Å². The van der Waals surface area contributed by atoms with E-state index in [1.165, 1.54) is 31.2 Å². The number of esters is 1. The van der Waals surface area contributed by atoms with Crippen LogP contribution in [0.5, 0.6) is 0 Å². The number of aromatic carboxylic acids is 1. The molecule has 104 valence electrons. The van der Waals surface area contributed by atoms with E-state index in [9.17, 15) is 14.7 Å². The fourth-order valence-electron chi connectivity index (χ4n) is 1.48. The number of carboxylic acids is 1. The Bertz CT molecular complexity index is 437. The first-order valence-electron chi connectivity index (χ1n) is 5.79. The van der Waals surface area contributed by atoms with E-state index >= 15 is 0 Å². The van der Waals surface area contributed by atoms with Crippen molar-refractivity contribution in [3.05, 3.63) is 35.4 Å². The second-order valence-corrected chi connectivity index (χ2v) is 4.08. The molecule has 2 atom stereocenters. The van der Waals surface area contributed by atoms with Crippen molar-refractivity contribution in [2.24, 2.45) is 0 Å². The molecule has 0 aliphatic rings. The van der Waals surface area contributed by atoms with Crippen LogP contribution in [0.25, 0.3) is 0 Å². The van der Waals surface area contributed by atoms with E-state index < -0.39 is 24.1 Å². The zero-order valence-electron chi connectivity index (χ0n) is 10.4. The largest absolute Gasteiger partial charge is 0.478 e. The number of ether oxygens (including phenoxy) is 1. The molecule has 0 aromatic heterocycles. The van der Waals surface area contributed by atoms with E-state index in [0.29, 0.717) is 0 Å². The first-order chi connectivity index (χ1) is 8.95. The molecule has 2 unspecified atom stereocenters. The highest BCUT2D eigenvalue weighted by molar-refractivity contribution is 5.92. The van der Waals surface area contributed by atoms with Gasteiger partial charge in [-0.05, 0) is 31.2 Å². The molecule has 1 rings (SSSR count). The van der Waals surface area contributed by atoms with Gasteiger partial charge < -0.3 is 20.1 Å². The number of aliphatic hydroxyl groups is 2. The summed E-state index contributed by atoms with van der Waals surface area (Å²) < 4.78 is 5.04. The van der Waals surface area contributed by atoms with Crippen LogP contribution in [-0.4, -0.2) is 46.1 Å². The Morgan fingerprint density at radius 3 is 2.16 bits per heavy atom. The highest BCUT2D eigenvalue weighted by Gasteiger charge is 2.20. The summed E-state index contributed by atoms with van der Waals surface area (Å²) in [5, 5.41) is 26.9. The molecule has 19 heavy (non-hydrogen) atoms. The molecule has 0 aliphatic heterocycles. The van der Waals surface area contributed by atoms with E-state index in [1.54, 1.807) is 0 Å². The highest BCUT2D eigenvalue weighted by atomic mass is 16.6. The molecule has 0 aliphatic carbocycles. The molecule has 6 heteroatoms. The molecule has 0 fully saturated rings. The van der Waals surface area contributed by atoms with Crippen molar-refractivity contribution in [2.75, 3.05) is 6.61 Å². The van der Waals surface area contributed by atoms with Crippen LogP contribution in [0, 0.1) is 0 Å². The number of hydrogen-bond donors (Lipinski definition) is 3. The van der Waals surface area contributed by atoms with Crippen molar-refractivity contribution in [3.63, 3.8) is 0 Å². The molecule has 3 N–H and O–H groups in total. The third-order valence-electron chi connectivity index (χ3n) is 2.58. The summed E-state index contributed by atoms with van der Waals surface area (Å²) in [4.78, 5) is 22.4. The lowest BCUT2D eigenvalue weighted by Crippen LogP contribution is -2.30. The maximum absolute atomic E-state index is 11.8. The van der Waals surface area contributed by atoms with E-state index in [4.69, 9.17) is 14.9 Å². The van der Waals surface area contributed by atoms with Gasteiger partial charge in [0.25, 0.3) is 0 Å². The Hall–Kier alpha value is -1.92. The number of rotatable bonds is 6. The maximum atomic E-state index is 11.8. The van der Waals surface area contributed by atoms with Crippen LogP contribution in [0.15, 0.2) is 24.3 Å². The van der Waals surface area contributed by atoms with Gasteiger partial charge in [0.1, 0.15) is 6.10 Å². The van der Waals surface area contributed by atoms with Crippen molar-refractivity contribution in [1.82, 2.24) is 0 Å². The molecular weight excluding hydrogens is 252 g/mol. The summed E-state index contributed by atoms with van der Waals surface area (Å²) in [5.74, 6) is -1.75. The van der Waals surface area contributed by atoms with Crippen molar-refractivity contribution in [1.29, 1.82) is 0 Å². The predicted octanol–water partition coefficient (Wildman–Crippen LogP) is 0.673. The van der Waals surface area contributed by atoms with Gasteiger partial charge in [0, 0.05) is 13.0 Å². The number of hydrogen-bond acceptors (Lipinski definition) is 5. The normalized spacial score (nSPS) is 13.6. The molecular formula is C13H16O6. The number of benzene rings is 1. The van der Waals surface area contributed by atoms with Crippen LogP contribution >= 0.6 is 0 Å². The minimum Gasteiger partial charge on any atom is -0.478 e. The summed E-state index contributed by atoms with van der Waals surface area (Å²) in [5.41, 5.74) is 0.257. The first-order valence-corrected chi connectivity index (χ1v) is 5.79. The number of carbonyl (C=O) groups excluding carboxylic acids is 1. The molecule has 1 aromatic rings. The lowest BCUT2D eigenvalue weighted by molar-refractivity contribution is -0.0206. The monoisotopic (exact) mass is 268 g/mol. The van der Waals surface area contributed by atoms with Gasteiger partial charge in [-0.2, -0.15) is 0 Å². The number of carboxylic acid groups (broad SMARTS) is 1. The molecule has 1 aromatic carbocycles. The smallest absolute Gasteiger partial charge is 0.338 e.